The summed E-state index contributed by atoms with van der Waals surface area (Å²) in [6.45, 7) is 1.39. The molecule has 1 aromatic rings. The van der Waals surface area contributed by atoms with Crippen LogP contribution in [0.25, 0.3) is 0 Å². The van der Waals surface area contributed by atoms with E-state index in [0.717, 1.165) is 0 Å². The van der Waals surface area contributed by atoms with Crippen LogP contribution in [0, 0.1) is 0 Å². The molecule has 0 aliphatic carbocycles. The van der Waals surface area contributed by atoms with Crippen molar-refractivity contribution in [2.75, 3.05) is 18.7 Å². The SMILES string of the molecule is COc1cccc(N(CN2C(=O)CCC2C(=O)Cl)C(C)=O)c1. The standard InChI is InChI=1S/C15H17ClN2O4/c1-10(19)17(11-4-3-5-12(8-11)22-2)9-18-13(15(16)21)6-7-14(18)20/h3-5,8,13H,6-7,9H2,1-2H3. The van der Waals surface area contributed by atoms with Crippen LogP contribution in [0.5, 0.6) is 5.75 Å². The van der Waals surface area contributed by atoms with E-state index in [9.17, 15) is 14.4 Å². The number of methoxy groups -OCH3 is 1. The fourth-order valence-corrected chi connectivity index (χ4v) is 2.67. The molecule has 1 atom stereocenters. The molecular formula is C15H17ClN2O4. The number of halogens is 1. The zero-order valence-corrected chi connectivity index (χ0v) is 13.2. The number of likely N-dealkylation sites (tertiary alicyclic amines) is 1. The van der Waals surface area contributed by atoms with E-state index in [1.807, 2.05) is 0 Å². The smallest absolute Gasteiger partial charge is 0.244 e. The number of benzene rings is 1. The second-order valence-corrected chi connectivity index (χ2v) is 5.38. The number of amides is 2. The van der Waals surface area contributed by atoms with Gasteiger partial charge in [-0.1, -0.05) is 6.07 Å². The Kier molecular flexibility index (Phi) is 5.03. The first kappa shape index (κ1) is 16.3. The molecule has 0 aromatic heterocycles. The molecule has 0 radical (unpaired) electrons. The van der Waals surface area contributed by atoms with E-state index in [0.29, 0.717) is 17.9 Å². The fraction of sp³-hybridized carbons (Fsp3) is 0.400. The van der Waals surface area contributed by atoms with Gasteiger partial charge in [-0.15, -0.1) is 0 Å². The normalized spacial score (nSPS) is 17.5. The summed E-state index contributed by atoms with van der Waals surface area (Å²) in [5.41, 5.74) is 0.590. The lowest BCUT2D eigenvalue weighted by atomic mass is 10.2. The number of ether oxygens (including phenoxy) is 1. The number of rotatable bonds is 5. The average Bonchev–Trinajstić information content (AvgIpc) is 2.85. The monoisotopic (exact) mass is 324 g/mol. The number of nitrogens with zero attached hydrogens (tertiary/aromatic N) is 2. The van der Waals surface area contributed by atoms with Crippen LogP contribution in [0.2, 0.25) is 0 Å². The minimum atomic E-state index is -0.679. The Bertz CT molecular complexity index is 605. The Morgan fingerprint density at radius 1 is 1.45 bits per heavy atom. The summed E-state index contributed by atoms with van der Waals surface area (Å²) < 4.78 is 5.14. The molecule has 118 valence electrons. The Balaban J connectivity index is 2.26. The van der Waals surface area contributed by atoms with Gasteiger partial charge in [0.05, 0.1) is 7.11 Å². The molecule has 0 spiro atoms. The van der Waals surface area contributed by atoms with Gasteiger partial charge in [-0.3, -0.25) is 19.3 Å². The van der Waals surface area contributed by atoms with Gasteiger partial charge >= 0.3 is 0 Å². The van der Waals surface area contributed by atoms with E-state index in [2.05, 4.69) is 0 Å². The van der Waals surface area contributed by atoms with Gasteiger partial charge in [-0.2, -0.15) is 0 Å². The Hall–Kier alpha value is -2.08. The van der Waals surface area contributed by atoms with E-state index in [1.165, 1.54) is 23.8 Å². The van der Waals surface area contributed by atoms with E-state index in [1.54, 1.807) is 24.3 Å². The Morgan fingerprint density at radius 2 is 2.18 bits per heavy atom. The van der Waals surface area contributed by atoms with Crippen molar-refractivity contribution in [3.05, 3.63) is 24.3 Å². The topological polar surface area (TPSA) is 66.9 Å². The molecule has 1 unspecified atom stereocenters. The second-order valence-electron chi connectivity index (χ2n) is 5.01. The van der Waals surface area contributed by atoms with Gasteiger partial charge in [0.15, 0.2) is 0 Å². The first-order chi connectivity index (χ1) is 10.4. The molecule has 0 saturated carbocycles. The van der Waals surface area contributed by atoms with Crippen molar-refractivity contribution >= 4 is 34.3 Å². The van der Waals surface area contributed by atoms with Crippen molar-refractivity contribution in [2.45, 2.75) is 25.8 Å². The number of carbonyl (C=O) groups excluding carboxylic acids is 3. The zero-order chi connectivity index (χ0) is 16.3. The molecule has 1 heterocycles. The van der Waals surface area contributed by atoms with Crippen LogP contribution in [0.15, 0.2) is 24.3 Å². The van der Waals surface area contributed by atoms with Gasteiger partial charge < -0.3 is 9.64 Å². The van der Waals surface area contributed by atoms with E-state index < -0.39 is 11.3 Å². The molecule has 1 aliphatic heterocycles. The second kappa shape index (κ2) is 6.79. The molecule has 7 heteroatoms. The van der Waals surface area contributed by atoms with Crippen molar-refractivity contribution < 1.29 is 19.1 Å². The van der Waals surface area contributed by atoms with Gasteiger partial charge in [0.25, 0.3) is 0 Å². The summed E-state index contributed by atoms with van der Waals surface area (Å²) in [5, 5.41) is -0.583. The fourth-order valence-electron chi connectivity index (χ4n) is 2.44. The summed E-state index contributed by atoms with van der Waals surface area (Å²) in [4.78, 5) is 38.1. The lowest BCUT2D eigenvalue weighted by Crippen LogP contribution is -2.46. The molecule has 0 bridgehead atoms. The lowest BCUT2D eigenvalue weighted by Gasteiger charge is -2.30. The van der Waals surface area contributed by atoms with Crippen LogP contribution in [0.4, 0.5) is 5.69 Å². The van der Waals surface area contributed by atoms with Crippen molar-refractivity contribution in [1.29, 1.82) is 0 Å². The maximum atomic E-state index is 12.0. The first-order valence-electron chi connectivity index (χ1n) is 6.85. The van der Waals surface area contributed by atoms with Crippen molar-refractivity contribution in [3.8, 4) is 5.75 Å². The van der Waals surface area contributed by atoms with Gasteiger partial charge in [-0.05, 0) is 30.2 Å². The molecule has 0 N–H and O–H groups in total. The molecule has 2 amide bonds. The maximum absolute atomic E-state index is 12.0. The summed E-state index contributed by atoms with van der Waals surface area (Å²) in [6, 6.07) is 6.26. The predicted molar refractivity (Wildman–Crippen MR) is 81.7 cm³/mol. The lowest BCUT2D eigenvalue weighted by molar-refractivity contribution is -0.132. The summed E-state index contributed by atoms with van der Waals surface area (Å²) in [5.74, 6) is 0.170. The number of hydrogen-bond acceptors (Lipinski definition) is 4. The van der Waals surface area contributed by atoms with Gasteiger partial charge in [-0.25, -0.2) is 0 Å². The summed E-state index contributed by atoms with van der Waals surface area (Å²) in [6.07, 6.45) is 0.637. The van der Waals surface area contributed by atoms with Crippen LogP contribution in [0.3, 0.4) is 0 Å². The predicted octanol–water partition coefficient (Wildman–Crippen LogP) is 1.76. The number of hydrogen-bond donors (Lipinski definition) is 0. The highest BCUT2D eigenvalue weighted by Gasteiger charge is 2.36. The number of anilines is 1. The zero-order valence-electron chi connectivity index (χ0n) is 12.4. The van der Waals surface area contributed by atoms with Gasteiger partial charge in [0.2, 0.25) is 17.1 Å². The highest BCUT2D eigenvalue weighted by molar-refractivity contribution is 6.65. The molecule has 22 heavy (non-hydrogen) atoms. The minimum absolute atomic E-state index is 0.00946. The van der Waals surface area contributed by atoms with Crippen molar-refractivity contribution in [2.24, 2.45) is 0 Å². The highest BCUT2D eigenvalue weighted by Crippen LogP contribution is 2.25. The Morgan fingerprint density at radius 3 is 2.77 bits per heavy atom. The third kappa shape index (κ3) is 3.39. The van der Waals surface area contributed by atoms with E-state index in [-0.39, 0.29) is 24.9 Å². The Labute approximate surface area is 133 Å². The molecule has 1 aliphatic rings. The van der Waals surface area contributed by atoms with Crippen LogP contribution >= 0.6 is 11.6 Å². The average molecular weight is 325 g/mol. The third-order valence-electron chi connectivity index (χ3n) is 3.63. The molecule has 1 saturated heterocycles. The number of carbonyl (C=O) groups is 3. The van der Waals surface area contributed by atoms with Crippen LogP contribution in [-0.2, 0) is 14.4 Å². The van der Waals surface area contributed by atoms with Crippen LogP contribution in [-0.4, -0.2) is 41.8 Å². The molecule has 1 fully saturated rings. The molecule has 2 rings (SSSR count). The molecular weight excluding hydrogens is 308 g/mol. The highest BCUT2D eigenvalue weighted by atomic mass is 35.5. The van der Waals surface area contributed by atoms with Crippen molar-refractivity contribution in [3.63, 3.8) is 0 Å². The molecule has 1 aromatic carbocycles. The molecule has 6 nitrogen and oxygen atoms in total. The third-order valence-corrected chi connectivity index (χ3v) is 3.88. The largest absolute Gasteiger partial charge is 0.497 e. The summed E-state index contributed by atoms with van der Waals surface area (Å²) in [7, 11) is 1.53. The van der Waals surface area contributed by atoms with Crippen LogP contribution < -0.4 is 9.64 Å². The van der Waals surface area contributed by atoms with Crippen molar-refractivity contribution in [1.82, 2.24) is 4.90 Å². The minimum Gasteiger partial charge on any atom is -0.497 e. The van der Waals surface area contributed by atoms with E-state index in [4.69, 9.17) is 16.3 Å². The van der Waals surface area contributed by atoms with Gasteiger partial charge in [0, 0.05) is 25.1 Å². The quantitative estimate of drug-likeness (QED) is 0.774. The van der Waals surface area contributed by atoms with Crippen LogP contribution in [0.1, 0.15) is 19.8 Å². The van der Waals surface area contributed by atoms with E-state index >= 15 is 0 Å². The first-order valence-corrected chi connectivity index (χ1v) is 7.23. The summed E-state index contributed by atoms with van der Waals surface area (Å²) >= 11 is 5.54. The maximum Gasteiger partial charge on any atom is 0.244 e. The van der Waals surface area contributed by atoms with Gasteiger partial charge in [0.1, 0.15) is 18.5 Å².